The van der Waals surface area contributed by atoms with Crippen LogP contribution < -0.4 is 0 Å². The first-order valence-electron chi connectivity index (χ1n) is 7.65. The summed E-state index contributed by atoms with van der Waals surface area (Å²) in [5, 5.41) is 7.42. The molecule has 0 heterocycles. The van der Waals surface area contributed by atoms with Gasteiger partial charge in [-0.05, 0) is 19.3 Å². The van der Waals surface area contributed by atoms with Crippen molar-refractivity contribution in [1.29, 1.82) is 0 Å². The predicted octanol–water partition coefficient (Wildman–Crippen LogP) is 4.64. The van der Waals surface area contributed by atoms with Crippen molar-refractivity contribution in [2.75, 3.05) is 19.8 Å². The lowest BCUT2D eigenvalue weighted by atomic mass is 10.4. The SMILES string of the molecule is CC(=O)O.CCCCOP(=O)(OCCCC)OCCCC. The van der Waals surface area contributed by atoms with Crippen molar-refractivity contribution in [2.24, 2.45) is 0 Å². The van der Waals surface area contributed by atoms with E-state index in [9.17, 15) is 4.57 Å². The Bertz CT molecular complexity index is 245. The highest BCUT2D eigenvalue weighted by Crippen LogP contribution is 2.49. The smallest absolute Gasteiger partial charge is 0.474 e. The molecular weight excluding hydrogens is 295 g/mol. The summed E-state index contributed by atoms with van der Waals surface area (Å²) in [6, 6.07) is 0. The zero-order valence-electron chi connectivity index (χ0n) is 13.8. The number of phosphoric acid groups is 1. The molecule has 21 heavy (non-hydrogen) atoms. The summed E-state index contributed by atoms with van der Waals surface area (Å²) in [6.45, 7) is 8.57. The van der Waals surface area contributed by atoms with E-state index < -0.39 is 13.8 Å². The summed E-state index contributed by atoms with van der Waals surface area (Å²) in [5.41, 5.74) is 0. The summed E-state index contributed by atoms with van der Waals surface area (Å²) in [6.07, 6.45) is 5.63. The second kappa shape index (κ2) is 16.0. The Hall–Kier alpha value is -0.420. The van der Waals surface area contributed by atoms with Crippen molar-refractivity contribution in [1.82, 2.24) is 0 Å². The summed E-state index contributed by atoms with van der Waals surface area (Å²) < 4.78 is 28.0. The minimum absolute atomic E-state index is 0.437. The number of phosphoric ester groups is 1. The lowest BCUT2D eigenvalue weighted by Gasteiger charge is -2.17. The van der Waals surface area contributed by atoms with E-state index in [4.69, 9.17) is 23.5 Å². The first kappa shape index (κ1) is 22.9. The van der Waals surface area contributed by atoms with Crippen LogP contribution in [0.25, 0.3) is 0 Å². The fourth-order valence-electron chi connectivity index (χ4n) is 1.07. The molecule has 0 aliphatic carbocycles. The van der Waals surface area contributed by atoms with E-state index in [1.54, 1.807) is 0 Å². The number of unbranched alkanes of at least 4 members (excludes halogenated alkanes) is 3. The quantitative estimate of drug-likeness (QED) is 0.416. The zero-order chi connectivity index (χ0) is 16.6. The summed E-state index contributed by atoms with van der Waals surface area (Å²) >= 11 is 0. The van der Waals surface area contributed by atoms with Crippen LogP contribution in [0.5, 0.6) is 0 Å². The number of aliphatic carboxylic acids is 1. The Kier molecular flexibility index (Phi) is 17.4. The van der Waals surface area contributed by atoms with Gasteiger partial charge in [0.1, 0.15) is 0 Å². The van der Waals surface area contributed by atoms with Gasteiger partial charge in [-0.15, -0.1) is 0 Å². The number of carboxylic acids is 1. The number of hydrogen-bond acceptors (Lipinski definition) is 5. The van der Waals surface area contributed by atoms with Crippen LogP contribution in [0, 0.1) is 0 Å². The monoisotopic (exact) mass is 326 g/mol. The van der Waals surface area contributed by atoms with Gasteiger partial charge in [0.05, 0.1) is 19.8 Å². The van der Waals surface area contributed by atoms with E-state index in [2.05, 4.69) is 20.8 Å². The molecule has 128 valence electrons. The van der Waals surface area contributed by atoms with Gasteiger partial charge in [0, 0.05) is 6.92 Å². The van der Waals surface area contributed by atoms with Crippen LogP contribution in [0.3, 0.4) is 0 Å². The topological polar surface area (TPSA) is 82.1 Å². The molecule has 0 saturated carbocycles. The molecule has 0 amide bonds. The lowest BCUT2D eigenvalue weighted by molar-refractivity contribution is -0.134. The van der Waals surface area contributed by atoms with Gasteiger partial charge in [0.2, 0.25) is 0 Å². The first-order valence-corrected chi connectivity index (χ1v) is 9.11. The third kappa shape index (κ3) is 19.6. The molecule has 0 aromatic carbocycles. The van der Waals surface area contributed by atoms with Crippen molar-refractivity contribution < 1.29 is 28.0 Å². The van der Waals surface area contributed by atoms with Crippen LogP contribution in [-0.4, -0.2) is 30.9 Å². The van der Waals surface area contributed by atoms with Crippen LogP contribution in [0.2, 0.25) is 0 Å². The Morgan fingerprint density at radius 1 is 0.857 bits per heavy atom. The van der Waals surface area contributed by atoms with Crippen LogP contribution in [-0.2, 0) is 22.9 Å². The molecule has 6 nitrogen and oxygen atoms in total. The fourth-order valence-corrected chi connectivity index (χ4v) is 2.36. The third-order valence-electron chi connectivity index (χ3n) is 2.24. The van der Waals surface area contributed by atoms with Crippen LogP contribution in [0.1, 0.15) is 66.2 Å². The van der Waals surface area contributed by atoms with E-state index in [0.29, 0.717) is 19.8 Å². The highest BCUT2D eigenvalue weighted by molar-refractivity contribution is 7.48. The predicted molar refractivity (Wildman–Crippen MR) is 83.5 cm³/mol. The van der Waals surface area contributed by atoms with Gasteiger partial charge in [-0.1, -0.05) is 40.0 Å². The number of carboxylic acid groups (broad SMARTS) is 1. The third-order valence-corrected chi connectivity index (χ3v) is 3.74. The largest absolute Gasteiger partial charge is 0.481 e. The highest BCUT2D eigenvalue weighted by atomic mass is 31.2. The first-order chi connectivity index (χ1) is 9.91. The van der Waals surface area contributed by atoms with Crippen LogP contribution >= 0.6 is 7.82 Å². The number of hydrogen-bond donors (Lipinski definition) is 1. The second-order valence-corrected chi connectivity index (χ2v) is 6.20. The van der Waals surface area contributed by atoms with Gasteiger partial charge in [0.15, 0.2) is 0 Å². The molecule has 0 aliphatic rings. The molecule has 0 unspecified atom stereocenters. The average Bonchev–Trinajstić information content (AvgIpc) is 2.39. The van der Waals surface area contributed by atoms with Gasteiger partial charge < -0.3 is 5.11 Å². The Morgan fingerprint density at radius 3 is 1.29 bits per heavy atom. The minimum Gasteiger partial charge on any atom is -0.481 e. The average molecular weight is 326 g/mol. The van der Waals surface area contributed by atoms with E-state index >= 15 is 0 Å². The summed E-state index contributed by atoms with van der Waals surface area (Å²) in [5.74, 6) is -0.833. The van der Waals surface area contributed by atoms with Crippen LogP contribution in [0.4, 0.5) is 0 Å². The molecule has 0 bridgehead atoms. The number of rotatable bonds is 12. The standard InChI is InChI=1S/C12H27O4P.C2H4O2/c1-4-7-10-14-17(13,15-11-8-5-2)16-12-9-6-3;1-2(3)4/h4-12H2,1-3H3;1H3,(H,3,4). The Balaban J connectivity index is 0. The molecule has 0 spiro atoms. The molecule has 0 saturated heterocycles. The van der Waals surface area contributed by atoms with Crippen LogP contribution in [0.15, 0.2) is 0 Å². The normalized spacial score (nSPS) is 10.9. The molecule has 0 aromatic heterocycles. The van der Waals surface area contributed by atoms with E-state index in [-0.39, 0.29) is 0 Å². The summed E-state index contributed by atoms with van der Waals surface area (Å²) in [4.78, 5) is 9.00. The number of carbonyl (C=O) groups is 1. The summed E-state index contributed by atoms with van der Waals surface area (Å²) in [7, 11) is -3.31. The lowest BCUT2D eigenvalue weighted by Crippen LogP contribution is -2.03. The molecule has 0 rings (SSSR count). The maximum atomic E-state index is 12.2. The van der Waals surface area contributed by atoms with Gasteiger partial charge in [-0.3, -0.25) is 18.4 Å². The molecule has 0 aliphatic heterocycles. The Labute approximate surface area is 128 Å². The zero-order valence-corrected chi connectivity index (χ0v) is 14.7. The van der Waals surface area contributed by atoms with Crippen molar-refractivity contribution >= 4 is 13.8 Å². The van der Waals surface area contributed by atoms with Crippen molar-refractivity contribution in [3.05, 3.63) is 0 Å². The van der Waals surface area contributed by atoms with Crippen molar-refractivity contribution in [3.8, 4) is 0 Å². The molecular formula is C14H31O6P. The van der Waals surface area contributed by atoms with Crippen molar-refractivity contribution in [2.45, 2.75) is 66.2 Å². The minimum atomic E-state index is -3.31. The molecule has 0 aromatic rings. The maximum absolute atomic E-state index is 12.2. The van der Waals surface area contributed by atoms with Crippen molar-refractivity contribution in [3.63, 3.8) is 0 Å². The Morgan fingerprint density at radius 2 is 1.10 bits per heavy atom. The van der Waals surface area contributed by atoms with Gasteiger partial charge in [-0.2, -0.15) is 0 Å². The maximum Gasteiger partial charge on any atom is 0.474 e. The van der Waals surface area contributed by atoms with Gasteiger partial charge in [0.25, 0.3) is 5.97 Å². The molecule has 0 atom stereocenters. The highest BCUT2D eigenvalue weighted by Gasteiger charge is 2.25. The second-order valence-electron chi connectivity index (χ2n) is 4.53. The van der Waals surface area contributed by atoms with Gasteiger partial charge >= 0.3 is 7.82 Å². The van der Waals surface area contributed by atoms with Gasteiger partial charge in [-0.25, -0.2) is 4.57 Å². The molecule has 0 fully saturated rings. The molecule has 0 radical (unpaired) electrons. The van der Waals surface area contributed by atoms with E-state index in [0.717, 1.165) is 45.4 Å². The van der Waals surface area contributed by atoms with E-state index in [1.807, 2.05) is 0 Å². The molecule has 7 heteroatoms. The van der Waals surface area contributed by atoms with E-state index in [1.165, 1.54) is 0 Å². The molecule has 1 N–H and O–H groups in total. The fraction of sp³-hybridized carbons (Fsp3) is 0.929.